The standard InChI is InChI=1S/C13H18N2O4/c1-10-2-3-11(8-12(10)15(17)18)14-9-13(16)4-6-19-7-5-13/h2-3,8,14,16H,4-7,9H2,1H3. The van der Waals surface area contributed by atoms with Crippen molar-refractivity contribution < 1.29 is 14.8 Å². The van der Waals surface area contributed by atoms with E-state index in [0.29, 0.717) is 43.9 Å². The number of nitro groups is 1. The maximum Gasteiger partial charge on any atom is 0.274 e. The average Bonchev–Trinajstić information content (AvgIpc) is 2.38. The molecule has 0 atom stereocenters. The number of nitrogens with one attached hydrogen (secondary N) is 1. The zero-order chi connectivity index (χ0) is 13.9. The molecule has 0 saturated carbocycles. The van der Waals surface area contributed by atoms with Gasteiger partial charge in [-0.15, -0.1) is 0 Å². The zero-order valence-electron chi connectivity index (χ0n) is 10.9. The van der Waals surface area contributed by atoms with Gasteiger partial charge in [-0.3, -0.25) is 10.1 Å². The van der Waals surface area contributed by atoms with Crippen LogP contribution in [0.15, 0.2) is 18.2 Å². The normalized spacial score (nSPS) is 18.0. The molecule has 0 aromatic heterocycles. The predicted octanol–water partition coefficient (Wildman–Crippen LogP) is 1.86. The molecule has 1 aliphatic heterocycles. The molecular weight excluding hydrogens is 248 g/mol. The maximum atomic E-state index is 10.9. The third-order valence-corrected chi connectivity index (χ3v) is 3.45. The van der Waals surface area contributed by atoms with E-state index in [4.69, 9.17) is 4.74 Å². The van der Waals surface area contributed by atoms with E-state index >= 15 is 0 Å². The number of rotatable bonds is 4. The molecular formula is C13H18N2O4. The van der Waals surface area contributed by atoms with Crippen LogP contribution in [0, 0.1) is 17.0 Å². The number of hydrogen-bond donors (Lipinski definition) is 2. The van der Waals surface area contributed by atoms with E-state index in [-0.39, 0.29) is 5.69 Å². The summed E-state index contributed by atoms with van der Waals surface area (Å²) < 4.78 is 5.21. The third-order valence-electron chi connectivity index (χ3n) is 3.45. The highest BCUT2D eigenvalue weighted by molar-refractivity contribution is 5.55. The fraction of sp³-hybridized carbons (Fsp3) is 0.538. The summed E-state index contributed by atoms with van der Waals surface area (Å²) in [5, 5.41) is 24.2. The molecule has 1 aromatic rings. The second-order valence-corrected chi connectivity index (χ2v) is 4.95. The molecule has 0 spiro atoms. The van der Waals surface area contributed by atoms with Gasteiger partial charge in [0.1, 0.15) is 0 Å². The van der Waals surface area contributed by atoms with E-state index in [2.05, 4.69) is 5.32 Å². The van der Waals surface area contributed by atoms with Crippen LogP contribution in [0.2, 0.25) is 0 Å². The fourth-order valence-corrected chi connectivity index (χ4v) is 2.11. The summed E-state index contributed by atoms with van der Waals surface area (Å²) in [6, 6.07) is 4.98. The van der Waals surface area contributed by atoms with Crippen molar-refractivity contribution in [2.24, 2.45) is 0 Å². The van der Waals surface area contributed by atoms with Gasteiger partial charge in [-0.2, -0.15) is 0 Å². The second kappa shape index (κ2) is 5.54. The molecule has 1 aromatic carbocycles. The predicted molar refractivity (Wildman–Crippen MR) is 71.3 cm³/mol. The summed E-state index contributed by atoms with van der Waals surface area (Å²) in [4.78, 5) is 10.5. The first-order chi connectivity index (χ1) is 9.00. The minimum Gasteiger partial charge on any atom is -0.388 e. The number of nitro benzene ring substituents is 1. The largest absolute Gasteiger partial charge is 0.388 e. The Morgan fingerprint density at radius 1 is 1.47 bits per heavy atom. The van der Waals surface area contributed by atoms with Crippen LogP contribution in [0.5, 0.6) is 0 Å². The van der Waals surface area contributed by atoms with Gasteiger partial charge in [0.25, 0.3) is 5.69 Å². The van der Waals surface area contributed by atoms with Gasteiger partial charge in [0.15, 0.2) is 0 Å². The van der Waals surface area contributed by atoms with E-state index in [1.807, 2.05) is 0 Å². The highest BCUT2D eigenvalue weighted by Gasteiger charge is 2.29. The third kappa shape index (κ3) is 3.42. The van der Waals surface area contributed by atoms with Crippen LogP contribution in [0.1, 0.15) is 18.4 Å². The lowest BCUT2D eigenvalue weighted by Gasteiger charge is -2.32. The minimum atomic E-state index is -0.794. The van der Waals surface area contributed by atoms with Crippen molar-refractivity contribution >= 4 is 11.4 Å². The Morgan fingerprint density at radius 2 is 2.16 bits per heavy atom. The summed E-state index contributed by atoms with van der Waals surface area (Å²) in [5.74, 6) is 0. The van der Waals surface area contributed by atoms with E-state index in [1.54, 1.807) is 19.1 Å². The van der Waals surface area contributed by atoms with Crippen molar-refractivity contribution in [2.45, 2.75) is 25.4 Å². The fourth-order valence-electron chi connectivity index (χ4n) is 2.11. The zero-order valence-corrected chi connectivity index (χ0v) is 10.9. The first kappa shape index (κ1) is 13.8. The van der Waals surface area contributed by atoms with Gasteiger partial charge >= 0.3 is 0 Å². The summed E-state index contributed by atoms with van der Waals surface area (Å²) in [5.41, 5.74) is 0.569. The molecule has 1 fully saturated rings. The highest BCUT2D eigenvalue weighted by atomic mass is 16.6. The van der Waals surface area contributed by atoms with Crippen LogP contribution in [0.4, 0.5) is 11.4 Å². The molecule has 6 nitrogen and oxygen atoms in total. The van der Waals surface area contributed by atoms with Crippen LogP contribution in [-0.4, -0.2) is 35.4 Å². The van der Waals surface area contributed by atoms with E-state index in [0.717, 1.165) is 0 Å². The molecule has 104 valence electrons. The summed E-state index contributed by atoms with van der Waals surface area (Å²) in [7, 11) is 0. The average molecular weight is 266 g/mol. The molecule has 0 unspecified atom stereocenters. The summed E-state index contributed by atoms with van der Waals surface area (Å²) in [6.07, 6.45) is 1.15. The van der Waals surface area contributed by atoms with Crippen molar-refractivity contribution in [3.63, 3.8) is 0 Å². The van der Waals surface area contributed by atoms with Gasteiger partial charge in [0.05, 0.1) is 10.5 Å². The van der Waals surface area contributed by atoms with Gasteiger partial charge in [-0.1, -0.05) is 6.07 Å². The van der Waals surface area contributed by atoms with Crippen LogP contribution in [0.25, 0.3) is 0 Å². The Kier molecular flexibility index (Phi) is 4.01. The van der Waals surface area contributed by atoms with Crippen LogP contribution >= 0.6 is 0 Å². The highest BCUT2D eigenvalue weighted by Crippen LogP contribution is 2.25. The van der Waals surface area contributed by atoms with Gasteiger partial charge in [0, 0.05) is 49.9 Å². The first-order valence-electron chi connectivity index (χ1n) is 6.29. The molecule has 1 heterocycles. The molecule has 1 saturated heterocycles. The molecule has 0 bridgehead atoms. The molecule has 0 aliphatic carbocycles. The number of aryl methyl sites for hydroxylation is 1. The molecule has 19 heavy (non-hydrogen) atoms. The van der Waals surface area contributed by atoms with Gasteiger partial charge < -0.3 is 15.2 Å². The first-order valence-corrected chi connectivity index (χ1v) is 6.29. The number of hydrogen-bond acceptors (Lipinski definition) is 5. The Hall–Kier alpha value is -1.66. The van der Waals surface area contributed by atoms with E-state index in [1.165, 1.54) is 6.07 Å². The van der Waals surface area contributed by atoms with Crippen LogP contribution in [-0.2, 0) is 4.74 Å². The number of benzene rings is 1. The van der Waals surface area contributed by atoms with Crippen LogP contribution in [0.3, 0.4) is 0 Å². The molecule has 0 amide bonds. The van der Waals surface area contributed by atoms with Crippen molar-refractivity contribution in [1.82, 2.24) is 0 Å². The minimum absolute atomic E-state index is 0.0870. The van der Waals surface area contributed by atoms with E-state index in [9.17, 15) is 15.2 Å². The van der Waals surface area contributed by atoms with Crippen molar-refractivity contribution in [2.75, 3.05) is 25.1 Å². The topological polar surface area (TPSA) is 84.6 Å². The second-order valence-electron chi connectivity index (χ2n) is 4.95. The van der Waals surface area contributed by atoms with E-state index < -0.39 is 10.5 Å². The smallest absolute Gasteiger partial charge is 0.274 e. The number of ether oxygens (including phenoxy) is 1. The van der Waals surface area contributed by atoms with Gasteiger partial charge in [-0.05, 0) is 13.0 Å². The quantitative estimate of drug-likeness (QED) is 0.641. The number of aliphatic hydroxyl groups is 1. The van der Waals surface area contributed by atoms with Crippen molar-refractivity contribution in [3.8, 4) is 0 Å². The van der Waals surface area contributed by atoms with Crippen LogP contribution < -0.4 is 5.32 Å². The van der Waals surface area contributed by atoms with Gasteiger partial charge in [-0.25, -0.2) is 0 Å². The van der Waals surface area contributed by atoms with Crippen molar-refractivity contribution in [3.05, 3.63) is 33.9 Å². The Labute approximate surface area is 111 Å². The number of nitrogens with zero attached hydrogens (tertiary/aromatic N) is 1. The molecule has 2 rings (SSSR count). The molecule has 2 N–H and O–H groups in total. The lowest BCUT2D eigenvalue weighted by atomic mass is 9.94. The Bertz CT molecular complexity index is 470. The molecule has 1 aliphatic rings. The lowest BCUT2D eigenvalue weighted by Crippen LogP contribution is -2.42. The van der Waals surface area contributed by atoms with Gasteiger partial charge in [0.2, 0.25) is 0 Å². The monoisotopic (exact) mass is 266 g/mol. The molecule has 6 heteroatoms. The summed E-state index contributed by atoms with van der Waals surface area (Å²) in [6.45, 7) is 3.17. The molecule has 0 radical (unpaired) electrons. The maximum absolute atomic E-state index is 10.9. The summed E-state index contributed by atoms with van der Waals surface area (Å²) >= 11 is 0. The lowest BCUT2D eigenvalue weighted by molar-refractivity contribution is -0.385. The van der Waals surface area contributed by atoms with Crippen molar-refractivity contribution in [1.29, 1.82) is 0 Å². The Balaban J connectivity index is 2.03. The SMILES string of the molecule is Cc1ccc(NCC2(O)CCOCC2)cc1[N+](=O)[O-]. The Morgan fingerprint density at radius 3 is 2.79 bits per heavy atom. The number of anilines is 1.